The summed E-state index contributed by atoms with van der Waals surface area (Å²) in [6.07, 6.45) is 9.22. The molecule has 1 aliphatic rings. The fourth-order valence-electron chi connectivity index (χ4n) is 2.68. The van der Waals surface area contributed by atoms with E-state index in [1.54, 1.807) is 0 Å². The summed E-state index contributed by atoms with van der Waals surface area (Å²) in [5.41, 5.74) is 6.38. The Bertz CT molecular complexity index is 428. The van der Waals surface area contributed by atoms with Gasteiger partial charge in [-0.2, -0.15) is 0 Å². The predicted molar refractivity (Wildman–Crippen MR) is 86.1 cm³/mol. The summed E-state index contributed by atoms with van der Waals surface area (Å²) in [6, 6.07) is 8.76. The number of benzene rings is 1. The Labute approximate surface area is 125 Å². The highest BCUT2D eigenvalue weighted by Gasteiger charge is 2.13. The summed E-state index contributed by atoms with van der Waals surface area (Å²) in [4.78, 5) is 12.1. The molecule has 3 N–H and O–H groups in total. The van der Waals surface area contributed by atoms with Crippen LogP contribution in [-0.2, 0) is 4.79 Å². The fourth-order valence-corrected chi connectivity index (χ4v) is 3.44. The van der Waals surface area contributed by atoms with Crippen molar-refractivity contribution in [1.82, 2.24) is 0 Å². The average Bonchev–Trinajstić information content (AvgIpc) is 2.40. The second-order valence-corrected chi connectivity index (χ2v) is 6.45. The van der Waals surface area contributed by atoms with Crippen LogP contribution < -0.4 is 11.1 Å². The van der Waals surface area contributed by atoms with Crippen LogP contribution in [0, 0.1) is 0 Å². The van der Waals surface area contributed by atoms with E-state index < -0.39 is 0 Å². The van der Waals surface area contributed by atoms with Crippen molar-refractivity contribution in [2.45, 2.75) is 55.9 Å². The van der Waals surface area contributed by atoms with E-state index in [1.165, 1.54) is 56.7 Å². The van der Waals surface area contributed by atoms with Crippen molar-refractivity contribution in [2.24, 2.45) is 5.73 Å². The van der Waals surface area contributed by atoms with Crippen molar-refractivity contribution in [3.8, 4) is 0 Å². The summed E-state index contributed by atoms with van der Waals surface area (Å²) in [5.74, 6) is 0.0688. The van der Waals surface area contributed by atoms with Crippen molar-refractivity contribution in [3.05, 3.63) is 24.3 Å². The van der Waals surface area contributed by atoms with Crippen LogP contribution in [0.15, 0.2) is 29.2 Å². The van der Waals surface area contributed by atoms with Crippen molar-refractivity contribution in [2.75, 3.05) is 11.1 Å². The molecule has 3 nitrogen and oxygen atoms in total. The lowest BCUT2D eigenvalue weighted by atomic mass is 9.96. The Morgan fingerprint density at radius 2 is 1.80 bits per heavy atom. The van der Waals surface area contributed by atoms with Gasteiger partial charge in [-0.25, -0.2) is 0 Å². The highest BCUT2D eigenvalue weighted by Crippen LogP contribution is 2.29. The number of carbonyl (C=O) groups is 1. The molecule has 0 heterocycles. The molecule has 1 aromatic carbocycles. The van der Waals surface area contributed by atoms with Crippen LogP contribution in [-0.4, -0.2) is 17.7 Å². The minimum Gasteiger partial charge on any atom is -0.381 e. The first-order valence-electron chi connectivity index (χ1n) is 7.52. The van der Waals surface area contributed by atoms with Gasteiger partial charge in [-0.05, 0) is 25.0 Å². The van der Waals surface area contributed by atoms with Gasteiger partial charge in [-0.3, -0.25) is 4.79 Å². The molecule has 1 fully saturated rings. The lowest BCUT2D eigenvalue weighted by Crippen LogP contribution is -2.21. The van der Waals surface area contributed by atoms with E-state index in [9.17, 15) is 4.79 Å². The van der Waals surface area contributed by atoms with Crippen molar-refractivity contribution < 1.29 is 4.79 Å². The molecule has 0 saturated heterocycles. The number of carbonyl (C=O) groups excluding carboxylic acids is 1. The van der Waals surface area contributed by atoms with Gasteiger partial charge in [0, 0.05) is 16.6 Å². The summed E-state index contributed by atoms with van der Waals surface area (Å²) >= 11 is 1.52. The standard InChI is InChI=1S/C16H24N2OS/c17-16(19)12-20-15-11-7-6-10-14(15)18-13-8-4-2-1-3-5-9-13/h6-7,10-11,13,18H,1-5,8-9,12H2,(H2,17,19). The van der Waals surface area contributed by atoms with Gasteiger partial charge in [0.25, 0.3) is 0 Å². The number of hydrogen-bond donors (Lipinski definition) is 2. The predicted octanol–water partition coefficient (Wildman–Crippen LogP) is 3.79. The van der Waals surface area contributed by atoms with Crippen LogP contribution in [0.5, 0.6) is 0 Å². The Balaban J connectivity index is 1.97. The third kappa shape index (κ3) is 5.08. The molecule has 0 aromatic heterocycles. The molecule has 1 saturated carbocycles. The van der Waals surface area contributed by atoms with Gasteiger partial charge < -0.3 is 11.1 Å². The van der Waals surface area contributed by atoms with Gasteiger partial charge >= 0.3 is 0 Å². The lowest BCUT2D eigenvalue weighted by Gasteiger charge is -2.23. The highest BCUT2D eigenvalue weighted by molar-refractivity contribution is 8.00. The van der Waals surface area contributed by atoms with E-state index in [0.29, 0.717) is 11.8 Å². The topological polar surface area (TPSA) is 55.1 Å². The minimum absolute atomic E-state index is 0.268. The quantitative estimate of drug-likeness (QED) is 0.812. The zero-order chi connectivity index (χ0) is 14.2. The van der Waals surface area contributed by atoms with E-state index >= 15 is 0 Å². The minimum atomic E-state index is -0.268. The highest BCUT2D eigenvalue weighted by atomic mass is 32.2. The molecule has 0 unspecified atom stereocenters. The summed E-state index contributed by atoms with van der Waals surface area (Å²) in [7, 11) is 0. The maximum absolute atomic E-state index is 10.9. The van der Waals surface area contributed by atoms with E-state index in [4.69, 9.17) is 5.73 Å². The second-order valence-electron chi connectivity index (χ2n) is 5.44. The van der Waals surface area contributed by atoms with E-state index in [2.05, 4.69) is 17.4 Å². The first-order chi connectivity index (χ1) is 9.75. The number of nitrogens with two attached hydrogens (primary N) is 1. The molecule has 1 aromatic rings. The maximum Gasteiger partial charge on any atom is 0.227 e. The zero-order valence-corrected chi connectivity index (χ0v) is 12.8. The number of primary amides is 1. The van der Waals surface area contributed by atoms with Crippen molar-refractivity contribution >= 4 is 23.4 Å². The normalized spacial score (nSPS) is 17.2. The number of para-hydroxylation sites is 1. The van der Waals surface area contributed by atoms with Crippen LogP contribution in [0.1, 0.15) is 44.9 Å². The number of thioether (sulfide) groups is 1. The summed E-state index contributed by atoms with van der Waals surface area (Å²) in [5, 5.41) is 3.67. The Morgan fingerprint density at radius 3 is 2.50 bits per heavy atom. The molecule has 0 aliphatic heterocycles. The van der Waals surface area contributed by atoms with Crippen LogP contribution in [0.3, 0.4) is 0 Å². The van der Waals surface area contributed by atoms with Gasteiger partial charge in [-0.15, -0.1) is 11.8 Å². The number of rotatable bonds is 5. The molecule has 0 bridgehead atoms. The Morgan fingerprint density at radius 1 is 1.15 bits per heavy atom. The van der Waals surface area contributed by atoms with E-state index in [1.807, 2.05) is 12.1 Å². The van der Waals surface area contributed by atoms with Crippen LogP contribution in [0.4, 0.5) is 5.69 Å². The smallest absolute Gasteiger partial charge is 0.227 e. The number of nitrogens with one attached hydrogen (secondary N) is 1. The number of anilines is 1. The number of hydrogen-bond acceptors (Lipinski definition) is 3. The molecule has 20 heavy (non-hydrogen) atoms. The first-order valence-corrected chi connectivity index (χ1v) is 8.51. The molecule has 2 rings (SSSR count). The molecule has 0 atom stereocenters. The number of amides is 1. The van der Waals surface area contributed by atoms with Crippen molar-refractivity contribution in [1.29, 1.82) is 0 Å². The first kappa shape index (κ1) is 15.2. The van der Waals surface area contributed by atoms with Gasteiger partial charge in [0.1, 0.15) is 0 Å². The molecule has 4 heteroatoms. The molecule has 110 valence electrons. The third-order valence-corrected chi connectivity index (χ3v) is 4.82. The average molecular weight is 292 g/mol. The van der Waals surface area contributed by atoms with Crippen LogP contribution in [0.2, 0.25) is 0 Å². The largest absolute Gasteiger partial charge is 0.381 e. The molecule has 0 radical (unpaired) electrons. The van der Waals surface area contributed by atoms with Gasteiger partial charge in [0.15, 0.2) is 0 Å². The molecule has 1 aliphatic carbocycles. The third-order valence-electron chi connectivity index (χ3n) is 3.72. The summed E-state index contributed by atoms with van der Waals surface area (Å²) < 4.78 is 0. The van der Waals surface area contributed by atoms with Gasteiger partial charge in [0.2, 0.25) is 5.91 Å². The monoisotopic (exact) mass is 292 g/mol. The zero-order valence-electron chi connectivity index (χ0n) is 11.9. The van der Waals surface area contributed by atoms with Crippen LogP contribution >= 0.6 is 11.8 Å². The molecular weight excluding hydrogens is 268 g/mol. The Hall–Kier alpha value is -1.16. The summed E-state index contributed by atoms with van der Waals surface area (Å²) in [6.45, 7) is 0. The maximum atomic E-state index is 10.9. The van der Waals surface area contributed by atoms with E-state index in [-0.39, 0.29) is 5.91 Å². The fraction of sp³-hybridized carbons (Fsp3) is 0.562. The van der Waals surface area contributed by atoms with E-state index in [0.717, 1.165) is 10.6 Å². The molecule has 1 amide bonds. The second kappa shape index (κ2) is 8.20. The molecule has 0 spiro atoms. The van der Waals surface area contributed by atoms with Crippen molar-refractivity contribution in [3.63, 3.8) is 0 Å². The Kier molecular flexibility index (Phi) is 6.25. The molecular formula is C16H24N2OS. The lowest BCUT2D eigenvalue weighted by molar-refractivity contribution is -0.115. The van der Waals surface area contributed by atoms with Gasteiger partial charge in [0.05, 0.1) is 5.75 Å². The SMILES string of the molecule is NC(=O)CSc1ccccc1NC1CCCCCCC1. The van der Waals surface area contributed by atoms with Gasteiger partial charge in [-0.1, -0.05) is 44.2 Å². The van der Waals surface area contributed by atoms with Crippen LogP contribution in [0.25, 0.3) is 0 Å².